The smallest absolute Gasteiger partial charge is 0.147 e. The Bertz CT molecular complexity index is 483. The third kappa shape index (κ3) is 4.95. The zero-order valence-electron chi connectivity index (χ0n) is 18.2. The molecular formula is C23H42O4. The van der Waals surface area contributed by atoms with Crippen LogP contribution in [0.5, 0.6) is 0 Å². The van der Waals surface area contributed by atoms with E-state index in [1.807, 2.05) is 13.0 Å². The summed E-state index contributed by atoms with van der Waals surface area (Å²) in [5, 5.41) is 21.7. The molecule has 0 aromatic carbocycles. The van der Waals surface area contributed by atoms with Crippen molar-refractivity contribution in [2.75, 3.05) is 13.9 Å². The molecule has 0 aliphatic heterocycles. The van der Waals surface area contributed by atoms with Gasteiger partial charge in [0.2, 0.25) is 0 Å². The summed E-state index contributed by atoms with van der Waals surface area (Å²) in [6.45, 7) is 8.89. The molecule has 2 N–H and O–H groups in total. The van der Waals surface area contributed by atoms with Gasteiger partial charge in [-0.25, -0.2) is 0 Å². The Morgan fingerprint density at radius 2 is 1.89 bits per heavy atom. The van der Waals surface area contributed by atoms with Crippen LogP contribution < -0.4 is 0 Å². The quantitative estimate of drug-likeness (QED) is 0.420. The lowest BCUT2D eigenvalue weighted by Crippen LogP contribution is -2.47. The third-order valence-corrected chi connectivity index (χ3v) is 7.79. The predicted molar refractivity (Wildman–Crippen MR) is 109 cm³/mol. The highest BCUT2D eigenvalue weighted by Gasteiger charge is 2.55. The summed E-state index contributed by atoms with van der Waals surface area (Å²) in [5.41, 5.74) is -0.928. The molecule has 0 radical (unpaired) electrons. The van der Waals surface area contributed by atoms with E-state index in [2.05, 4.69) is 26.8 Å². The van der Waals surface area contributed by atoms with Crippen molar-refractivity contribution < 1.29 is 19.7 Å². The average molecular weight is 383 g/mol. The molecular weight excluding hydrogens is 340 g/mol. The number of hydrogen-bond donors (Lipinski definition) is 2. The molecule has 2 aliphatic carbocycles. The molecule has 27 heavy (non-hydrogen) atoms. The minimum atomic E-state index is -0.824. The standard InChI is InChI=1S/C23H42O4/c1-6-23(7-2,27-17-26-5)16-9-8-15-22(4,25)20-13-12-18-19(24)11-10-14-21(18,20)3/h8,15,18-20,24-25H,6-7,9-14,16-17H2,1-5H3/b15-8+. The minimum Gasteiger partial charge on any atom is -0.393 e. The molecule has 0 heterocycles. The number of hydrogen-bond acceptors (Lipinski definition) is 4. The van der Waals surface area contributed by atoms with Crippen molar-refractivity contribution in [2.24, 2.45) is 17.3 Å². The first-order valence-corrected chi connectivity index (χ1v) is 11.0. The summed E-state index contributed by atoms with van der Waals surface area (Å²) in [6.07, 6.45) is 12.8. The van der Waals surface area contributed by atoms with E-state index in [0.29, 0.717) is 12.7 Å². The van der Waals surface area contributed by atoms with Crippen molar-refractivity contribution in [2.45, 2.75) is 103 Å². The molecule has 2 saturated carbocycles. The molecule has 0 bridgehead atoms. The topological polar surface area (TPSA) is 58.9 Å². The Morgan fingerprint density at radius 3 is 2.52 bits per heavy atom. The van der Waals surface area contributed by atoms with Crippen molar-refractivity contribution in [3.05, 3.63) is 12.2 Å². The highest BCUT2D eigenvalue weighted by atomic mass is 16.7. The lowest BCUT2D eigenvalue weighted by molar-refractivity contribution is -0.137. The van der Waals surface area contributed by atoms with Gasteiger partial charge in [0, 0.05) is 7.11 Å². The van der Waals surface area contributed by atoms with E-state index < -0.39 is 5.60 Å². The molecule has 0 aromatic heterocycles. The van der Waals surface area contributed by atoms with Crippen LogP contribution in [0, 0.1) is 17.3 Å². The van der Waals surface area contributed by atoms with Crippen LogP contribution >= 0.6 is 0 Å². The number of rotatable bonds is 10. The van der Waals surface area contributed by atoms with E-state index in [4.69, 9.17) is 9.47 Å². The Labute approximate surface area is 166 Å². The van der Waals surface area contributed by atoms with Crippen molar-refractivity contribution in [3.8, 4) is 0 Å². The summed E-state index contributed by atoms with van der Waals surface area (Å²) in [6, 6.07) is 0. The zero-order chi connectivity index (χ0) is 20.1. The van der Waals surface area contributed by atoms with Crippen LogP contribution in [0.1, 0.15) is 85.5 Å². The summed E-state index contributed by atoms with van der Waals surface area (Å²) >= 11 is 0. The van der Waals surface area contributed by atoms with E-state index in [1.54, 1.807) is 7.11 Å². The fraction of sp³-hybridized carbons (Fsp3) is 0.913. The van der Waals surface area contributed by atoms with Gasteiger partial charge in [0.05, 0.1) is 17.3 Å². The van der Waals surface area contributed by atoms with E-state index in [-0.39, 0.29) is 23.0 Å². The number of methoxy groups -OCH3 is 1. The molecule has 0 saturated heterocycles. The van der Waals surface area contributed by atoms with Gasteiger partial charge >= 0.3 is 0 Å². The van der Waals surface area contributed by atoms with Gasteiger partial charge in [-0.1, -0.05) is 39.3 Å². The first kappa shape index (κ1) is 22.9. The molecule has 2 aliphatic rings. The van der Waals surface area contributed by atoms with Gasteiger partial charge in [0.25, 0.3) is 0 Å². The average Bonchev–Trinajstić information content (AvgIpc) is 3.01. The lowest BCUT2D eigenvalue weighted by Gasteiger charge is -2.47. The molecule has 158 valence electrons. The Kier molecular flexibility index (Phi) is 7.95. The highest BCUT2D eigenvalue weighted by Crippen LogP contribution is 2.58. The monoisotopic (exact) mass is 382 g/mol. The first-order chi connectivity index (χ1) is 12.7. The van der Waals surface area contributed by atoms with Crippen molar-refractivity contribution in [1.29, 1.82) is 0 Å². The van der Waals surface area contributed by atoms with Gasteiger partial charge in [0.15, 0.2) is 0 Å². The molecule has 2 fully saturated rings. The van der Waals surface area contributed by atoms with E-state index in [0.717, 1.165) is 57.8 Å². The number of allylic oxidation sites excluding steroid dienone is 1. The third-order valence-electron chi connectivity index (χ3n) is 7.79. The molecule has 0 amide bonds. The molecule has 4 heteroatoms. The summed E-state index contributed by atoms with van der Waals surface area (Å²) in [7, 11) is 1.66. The van der Waals surface area contributed by atoms with Gasteiger partial charge in [-0.05, 0) is 75.5 Å². The second kappa shape index (κ2) is 9.39. The maximum atomic E-state index is 11.3. The number of fused-ring (bicyclic) bond motifs is 1. The molecule has 0 spiro atoms. The second-order valence-corrected chi connectivity index (χ2v) is 9.31. The van der Waals surface area contributed by atoms with Gasteiger partial charge in [0.1, 0.15) is 6.79 Å². The Morgan fingerprint density at radius 1 is 1.19 bits per heavy atom. The molecule has 0 aromatic rings. The van der Waals surface area contributed by atoms with Crippen LogP contribution in [0.3, 0.4) is 0 Å². The number of aliphatic hydroxyl groups is 2. The van der Waals surface area contributed by atoms with Crippen molar-refractivity contribution >= 4 is 0 Å². The maximum absolute atomic E-state index is 11.3. The lowest BCUT2D eigenvalue weighted by atomic mass is 9.61. The van der Waals surface area contributed by atoms with Gasteiger partial charge in [-0.2, -0.15) is 0 Å². The van der Waals surface area contributed by atoms with Crippen LogP contribution in [-0.4, -0.2) is 41.4 Å². The molecule has 2 rings (SSSR count). The van der Waals surface area contributed by atoms with Gasteiger partial charge in [-0.3, -0.25) is 0 Å². The van der Waals surface area contributed by atoms with Crippen molar-refractivity contribution in [1.82, 2.24) is 0 Å². The molecule has 4 nitrogen and oxygen atoms in total. The summed E-state index contributed by atoms with van der Waals surface area (Å²) in [5.74, 6) is 0.555. The van der Waals surface area contributed by atoms with Crippen LogP contribution in [0.15, 0.2) is 12.2 Å². The molecule has 5 atom stereocenters. The Hall–Kier alpha value is -0.420. The van der Waals surface area contributed by atoms with Gasteiger partial charge in [-0.15, -0.1) is 0 Å². The van der Waals surface area contributed by atoms with Crippen LogP contribution in [0.2, 0.25) is 0 Å². The van der Waals surface area contributed by atoms with Gasteiger partial charge < -0.3 is 19.7 Å². The largest absolute Gasteiger partial charge is 0.393 e. The first-order valence-electron chi connectivity index (χ1n) is 11.0. The normalized spacial score (nSPS) is 34.0. The minimum absolute atomic E-state index is 0.0453. The summed E-state index contributed by atoms with van der Waals surface area (Å²) < 4.78 is 11.1. The maximum Gasteiger partial charge on any atom is 0.147 e. The zero-order valence-corrected chi connectivity index (χ0v) is 18.2. The fourth-order valence-corrected chi connectivity index (χ4v) is 5.96. The number of ether oxygens (including phenoxy) is 2. The van der Waals surface area contributed by atoms with E-state index in [1.165, 1.54) is 0 Å². The van der Waals surface area contributed by atoms with Crippen LogP contribution in [0.4, 0.5) is 0 Å². The van der Waals surface area contributed by atoms with E-state index >= 15 is 0 Å². The number of aliphatic hydroxyl groups excluding tert-OH is 1. The fourth-order valence-electron chi connectivity index (χ4n) is 5.96. The second-order valence-electron chi connectivity index (χ2n) is 9.31. The van der Waals surface area contributed by atoms with Crippen molar-refractivity contribution in [3.63, 3.8) is 0 Å². The Balaban J connectivity index is 1.99. The van der Waals surface area contributed by atoms with E-state index in [9.17, 15) is 10.2 Å². The van der Waals surface area contributed by atoms with Crippen LogP contribution in [-0.2, 0) is 9.47 Å². The highest BCUT2D eigenvalue weighted by molar-refractivity contribution is 5.12. The summed E-state index contributed by atoms with van der Waals surface area (Å²) in [4.78, 5) is 0. The molecule has 5 unspecified atom stereocenters. The predicted octanol–water partition coefficient (Wildman–Crippen LogP) is 4.83. The van der Waals surface area contributed by atoms with Crippen LogP contribution in [0.25, 0.3) is 0 Å². The SMILES string of the molecule is CCC(CC)(CC/C=C/C(C)(O)C1CCC2C(O)CCCC21C)OCOC.